The molecule has 1 N–H and O–H groups in total. The van der Waals surface area contributed by atoms with Gasteiger partial charge in [0.05, 0.1) is 10.2 Å². The molecule has 11 heteroatoms. The summed E-state index contributed by atoms with van der Waals surface area (Å²) in [6.45, 7) is 0. The molecule has 2 amide bonds. The summed E-state index contributed by atoms with van der Waals surface area (Å²) in [5.41, 5.74) is 1.10. The minimum atomic E-state index is -0.718. The molecule has 0 radical (unpaired) electrons. The minimum Gasteiger partial charge on any atom is -0.321 e. The standard InChI is InChI=1S/C25H16Cl2N4O4S/c26-16-4-8-18(9-5-16)29-23(32)21(14-28)25-30(19-10-6-17(27)7-11-19)24(33)22(36-25)13-15-2-1-3-20(12-15)31(34)35/h1-12,22H,13H2,(H,29,32)/b25-21-. The first-order valence-corrected chi connectivity index (χ1v) is 12.1. The lowest BCUT2D eigenvalue weighted by atomic mass is 10.1. The molecule has 0 aliphatic carbocycles. The first kappa shape index (κ1) is 25.3. The van der Waals surface area contributed by atoms with Crippen molar-refractivity contribution in [3.05, 3.63) is 109 Å². The maximum Gasteiger partial charge on any atom is 0.269 e. The number of hydrogen-bond acceptors (Lipinski definition) is 6. The number of rotatable bonds is 6. The Bertz CT molecular complexity index is 1420. The molecule has 0 aromatic heterocycles. The van der Waals surface area contributed by atoms with Crippen LogP contribution in [0.1, 0.15) is 5.56 Å². The van der Waals surface area contributed by atoms with E-state index in [-0.39, 0.29) is 28.6 Å². The van der Waals surface area contributed by atoms with E-state index in [4.69, 9.17) is 23.2 Å². The summed E-state index contributed by atoms with van der Waals surface area (Å²) < 4.78 is 0. The smallest absolute Gasteiger partial charge is 0.269 e. The molecule has 1 aliphatic rings. The lowest BCUT2D eigenvalue weighted by Crippen LogP contribution is -2.30. The number of nitriles is 1. The van der Waals surface area contributed by atoms with Gasteiger partial charge in [-0.05, 0) is 60.5 Å². The van der Waals surface area contributed by atoms with Gasteiger partial charge in [-0.3, -0.25) is 24.6 Å². The van der Waals surface area contributed by atoms with Crippen molar-refractivity contribution in [1.82, 2.24) is 0 Å². The van der Waals surface area contributed by atoms with Gasteiger partial charge in [0, 0.05) is 33.6 Å². The highest BCUT2D eigenvalue weighted by Crippen LogP contribution is 2.42. The average molecular weight is 539 g/mol. The van der Waals surface area contributed by atoms with E-state index in [0.717, 1.165) is 11.8 Å². The maximum absolute atomic E-state index is 13.5. The molecule has 0 bridgehead atoms. The summed E-state index contributed by atoms with van der Waals surface area (Å²) in [4.78, 5) is 38.5. The number of nitrogens with one attached hydrogen (secondary N) is 1. The summed E-state index contributed by atoms with van der Waals surface area (Å²) in [6.07, 6.45) is 0.163. The molecule has 8 nitrogen and oxygen atoms in total. The number of anilines is 2. The van der Waals surface area contributed by atoms with Crippen molar-refractivity contribution in [3.63, 3.8) is 0 Å². The van der Waals surface area contributed by atoms with Crippen molar-refractivity contribution in [3.8, 4) is 6.07 Å². The van der Waals surface area contributed by atoms with Gasteiger partial charge in [0.2, 0.25) is 5.91 Å². The number of nitro groups is 1. The second-order valence-corrected chi connectivity index (χ2v) is 9.70. The third kappa shape index (κ3) is 5.52. The molecule has 1 fully saturated rings. The average Bonchev–Trinajstić information content (AvgIpc) is 3.17. The second kappa shape index (κ2) is 10.8. The van der Waals surface area contributed by atoms with Crippen LogP contribution in [-0.4, -0.2) is 22.0 Å². The van der Waals surface area contributed by atoms with E-state index in [1.54, 1.807) is 60.7 Å². The normalized spacial score (nSPS) is 16.4. The Morgan fingerprint density at radius 3 is 2.33 bits per heavy atom. The quantitative estimate of drug-likeness (QED) is 0.179. The van der Waals surface area contributed by atoms with E-state index in [2.05, 4.69) is 5.32 Å². The Kier molecular flexibility index (Phi) is 7.60. The van der Waals surface area contributed by atoms with Gasteiger partial charge in [0.15, 0.2) is 0 Å². The topological polar surface area (TPSA) is 116 Å². The number of nitrogens with zero attached hydrogens (tertiary/aromatic N) is 3. The van der Waals surface area contributed by atoms with Gasteiger partial charge in [-0.2, -0.15) is 5.26 Å². The molecular formula is C25H16Cl2N4O4S. The van der Waals surface area contributed by atoms with E-state index in [1.165, 1.54) is 17.0 Å². The molecule has 0 spiro atoms. The van der Waals surface area contributed by atoms with Crippen molar-refractivity contribution >= 4 is 63.8 Å². The summed E-state index contributed by atoms with van der Waals surface area (Å²) in [7, 11) is 0. The Morgan fingerprint density at radius 1 is 1.08 bits per heavy atom. The summed E-state index contributed by atoms with van der Waals surface area (Å²) in [5, 5.41) is 24.1. The Balaban J connectivity index is 1.72. The summed E-state index contributed by atoms with van der Waals surface area (Å²) >= 11 is 13.0. The number of hydrogen-bond donors (Lipinski definition) is 1. The number of thioether (sulfide) groups is 1. The van der Waals surface area contributed by atoms with Crippen LogP contribution < -0.4 is 10.2 Å². The number of halogens is 2. The van der Waals surface area contributed by atoms with Crippen LogP contribution in [0, 0.1) is 21.4 Å². The van der Waals surface area contributed by atoms with Gasteiger partial charge >= 0.3 is 0 Å². The van der Waals surface area contributed by atoms with Gasteiger partial charge in [0.1, 0.15) is 16.7 Å². The predicted octanol–water partition coefficient (Wildman–Crippen LogP) is 5.97. The number of carbonyl (C=O) groups excluding carboxylic acids is 2. The highest BCUT2D eigenvalue weighted by Gasteiger charge is 2.41. The van der Waals surface area contributed by atoms with Crippen LogP contribution >= 0.6 is 35.0 Å². The number of carbonyl (C=O) groups is 2. The molecule has 0 saturated carbocycles. The van der Waals surface area contributed by atoms with E-state index in [0.29, 0.717) is 27.0 Å². The SMILES string of the molecule is N#C/C(C(=O)Nc1ccc(Cl)cc1)=C1/SC(Cc2cccc([N+](=O)[O-])c2)C(=O)N1c1ccc(Cl)cc1. The number of nitro benzene ring substituents is 1. The molecule has 180 valence electrons. The largest absolute Gasteiger partial charge is 0.321 e. The van der Waals surface area contributed by atoms with E-state index >= 15 is 0 Å². The molecule has 3 aromatic carbocycles. The van der Waals surface area contributed by atoms with Gasteiger partial charge in [-0.15, -0.1) is 0 Å². The molecule has 1 unspecified atom stereocenters. The number of benzene rings is 3. The van der Waals surface area contributed by atoms with Gasteiger partial charge in [-0.1, -0.05) is 47.1 Å². The lowest BCUT2D eigenvalue weighted by Gasteiger charge is -2.19. The fourth-order valence-electron chi connectivity index (χ4n) is 3.55. The van der Waals surface area contributed by atoms with Crippen LogP contribution in [-0.2, 0) is 16.0 Å². The molecule has 4 rings (SSSR count). The van der Waals surface area contributed by atoms with Crippen LogP contribution in [0.25, 0.3) is 0 Å². The number of non-ortho nitro benzene ring substituents is 1. The second-order valence-electron chi connectivity index (χ2n) is 7.64. The fraction of sp³-hybridized carbons (Fsp3) is 0.0800. The third-order valence-electron chi connectivity index (χ3n) is 5.23. The molecule has 3 aromatic rings. The first-order valence-electron chi connectivity index (χ1n) is 10.5. The van der Waals surface area contributed by atoms with Crippen molar-refractivity contribution in [2.45, 2.75) is 11.7 Å². The Morgan fingerprint density at radius 2 is 1.72 bits per heavy atom. The van der Waals surface area contributed by atoms with E-state index in [9.17, 15) is 25.0 Å². The predicted molar refractivity (Wildman–Crippen MR) is 140 cm³/mol. The van der Waals surface area contributed by atoms with Gasteiger partial charge in [0.25, 0.3) is 11.6 Å². The van der Waals surface area contributed by atoms with E-state index < -0.39 is 16.1 Å². The molecule has 1 aliphatic heterocycles. The van der Waals surface area contributed by atoms with Crippen LogP contribution in [0.15, 0.2) is 83.4 Å². The lowest BCUT2D eigenvalue weighted by molar-refractivity contribution is -0.384. The van der Waals surface area contributed by atoms with Crippen LogP contribution in [0.4, 0.5) is 17.1 Å². The molecular weight excluding hydrogens is 523 g/mol. The first-order chi connectivity index (χ1) is 17.3. The van der Waals surface area contributed by atoms with Gasteiger partial charge < -0.3 is 5.32 Å². The van der Waals surface area contributed by atoms with Crippen LogP contribution in [0.3, 0.4) is 0 Å². The Hall–Kier alpha value is -3.84. The Labute approximate surface area is 220 Å². The molecule has 1 atom stereocenters. The fourth-order valence-corrected chi connectivity index (χ4v) is 5.11. The summed E-state index contributed by atoms with van der Waals surface area (Å²) in [5.74, 6) is -1.05. The zero-order valence-corrected chi connectivity index (χ0v) is 20.7. The summed E-state index contributed by atoms with van der Waals surface area (Å²) in [6, 6.07) is 20.7. The molecule has 36 heavy (non-hydrogen) atoms. The number of amides is 2. The highest BCUT2D eigenvalue weighted by atomic mass is 35.5. The zero-order valence-electron chi connectivity index (χ0n) is 18.4. The van der Waals surface area contributed by atoms with E-state index in [1.807, 2.05) is 6.07 Å². The monoisotopic (exact) mass is 538 g/mol. The zero-order chi connectivity index (χ0) is 25.8. The minimum absolute atomic E-state index is 0.0895. The van der Waals surface area contributed by atoms with Crippen molar-refractivity contribution in [1.29, 1.82) is 5.26 Å². The van der Waals surface area contributed by atoms with Crippen molar-refractivity contribution in [2.24, 2.45) is 0 Å². The van der Waals surface area contributed by atoms with Crippen molar-refractivity contribution < 1.29 is 14.5 Å². The van der Waals surface area contributed by atoms with Gasteiger partial charge in [-0.25, -0.2) is 0 Å². The maximum atomic E-state index is 13.5. The molecule has 1 saturated heterocycles. The third-order valence-corrected chi connectivity index (χ3v) is 7.00. The van der Waals surface area contributed by atoms with Crippen LogP contribution in [0.5, 0.6) is 0 Å². The molecule has 1 heterocycles. The van der Waals surface area contributed by atoms with Crippen molar-refractivity contribution in [2.75, 3.05) is 10.2 Å². The highest BCUT2D eigenvalue weighted by molar-refractivity contribution is 8.05. The van der Waals surface area contributed by atoms with Crippen LogP contribution in [0.2, 0.25) is 10.0 Å².